The average molecular weight is 326 g/mol. The molecular formula is C14H17BrFN3. The molecule has 102 valence electrons. The van der Waals surface area contributed by atoms with Crippen molar-refractivity contribution in [1.82, 2.24) is 14.8 Å². The summed E-state index contributed by atoms with van der Waals surface area (Å²) in [5.41, 5.74) is 1.14. The van der Waals surface area contributed by atoms with Gasteiger partial charge in [0.25, 0.3) is 0 Å². The predicted molar refractivity (Wildman–Crippen MR) is 77.6 cm³/mol. The number of hydrogen-bond acceptors (Lipinski definition) is 2. The Labute approximate surface area is 121 Å². The molecule has 0 spiro atoms. The van der Waals surface area contributed by atoms with E-state index in [1.54, 1.807) is 19.1 Å². The van der Waals surface area contributed by atoms with Crippen molar-refractivity contribution in [3.63, 3.8) is 0 Å². The van der Waals surface area contributed by atoms with E-state index in [9.17, 15) is 4.39 Å². The van der Waals surface area contributed by atoms with E-state index in [-0.39, 0.29) is 5.82 Å². The van der Waals surface area contributed by atoms with Gasteiger partial charge in [0.1, 0.15) is 11.6 Å². The van der Waals surface area contributed by atoms with Crippen molar-refractivity contribution in [1.29, 1.82) is 0 Å². The zero-order valence-corrected chi connectivity index (χ0v) is 12.9. The lowest BCUT2D eigenvalue weighted by Crippen LogP contribution is -2.10. The zero-order valence-electron chi connectivity index (χ0n) is 11.3. The number of benzene rings is 1. The third kappa shape index (κ3) is 2.86. The van der Waals surface area contributed by atoms with Gasteiger partial charge >= 0.3 is 0 Å². The zero-order chi connectivity index (χ0) is 14.0. The largest absolute Gasteiger partial charge is 0.310 e. The van der Waals surface area contributed by atoms with Crippen LogP contribution in [0.4, 0.5) is 4.39 Å². The van der Waals surface area contributed by atoms with Gasteiger partial charge in [-0.1, -0.05) is 41.9 Å². The lowest BCUT2D eigenvalue weighted by molar-refractivity contribution is 0.514. The highest BCUT2D eigenvalue weighted by Gasteiger charge is 2.17. The van der Waals surface area contributed by atoms with Crippen LogP contribution in [0.5, 0.6) is 0 Å². The summed E-state index contributed by atoms with van der Waals surface area (Å²) in [6.07, 6.45) is 0. The first kappa shape index (κ1) is 14.2. The van der Waals surface area contributed by atoms with Crippen molar-refractivity contribution >= 4 is 15.9 Å². The van der Waals surface area contributed by atoms with Gasteiger partial charge in [-0.15, -0.1) is 10.2 Å². The second-order valence-electron chi connectivity index (χ2n) is 5.01. The molecule has 1 aromatic heterocycles. The Balaban J connectivity index is 2.55. The molecule has 0 aliphatic heterocycles. The maximum Gasteiger partial charge on any atom is 0.166 e. The monoisotopic (exact) mass is 325 g/mol. The van der Waals surface area contributed by atoms with E-state index in [4.69, 9.17) is 0 Å². The Bertz CT molecular complexity index is 578. The maximum absolute atomic E-state index is 14.2. The lowest BCUT2D eigenvalue weighted by Gasteiger charge is -2.12. The molecule has 0 fully saturated rings. The van der Waals surface area contributed by atoms with Gasteiger partial charge in [0, 0.05) is 6.54 Å². The van der Waals surface area contributed by atoms with E-state index in [0.717, 1.165) is 12.4 Å². The Morgan fingerprint density at radius 3 is 2.68 bits per heavy atom. The molecule has 2 aromatic rings. The number of halogens is 2. The first-order valence-electron chi connectivity index (χ1n) is 6.28. The highest BCUT2D eigenvalue weighted by atomic mass is 79.9. The number of nitrogens with zero attached hydrogens (tertiary/aromatic N) is 3. The van der Waals surface area contributed by atoms with Gasteiger partial charge in [-0.2, -0.15) is 0 Å². The van der Waals surface area contributed by atoms with Gasteiger partial charge in [-0.25, -0.2) is 4.39 Å². The molecule has 19 heavy (non-hydrogen) atoms. The molecule has 0 aliphatic rings. The molecule has 0 radical (unpaired) electrons. The summed E-state index contributed by atoms with van der Waals surface area (Å²) >= 11 is 3.40. The van der Waals surface area contributed by atoms with Crippen molar-refractivity contribution in [2.45, 2.75) is 32.6 Å². The van der Waals surface area contributed by atoms with E-state index in [1.165, 1.54) is 0 Å². The standard InChI is InChI=1S/C14H17BrFN3/c1-9(2)8-19-12(7-15)17-18-14(19)11-6-4-5-10(3)13(11)16/h4-6,9H,7-8H2,1-3H3. The highest BCUT2D eigenvalue weighted by molar-refractivity contribution is 9.08. The normalized spacial score (nSPS) is 11.3. The quantitative estimate of drug-likeness (QED) is 0.797. The molecule has 0 unspecified atom stereocenters. The van der Waals surface area contributed by atoms with Crippen molar-refractivity contribution in [3.8, 4) is 11.4 Å². The topological polar surface area (TPSA) is 30.7 Å². The Kier molecular flexibility index (Phi) is 4.34. The number of hydrogen-bond donors (Lipinski definition) is 0. The summed E-state index contributed by atoms with van der Waals surface area (Å²) < 4.78 is 16.2. The molecule has 0 bridgehead atoms. The summed E-state index contributed by atoms with van der Waals surface area (Å²) in [5.74, 6) is 1.65. The minimum absolute atomic E-state index is 0.221. The third-order valence-electron chi connectivity index (χ3n) is 2.93. The molecule has 0 atom stereocenters. The third-order valence-corrected chi connectivity index (χ3v) is 3.43. The molecule has 0 amide bonds. The SMILES string of the molecule is Cc1cccc(-c2nnc(CBr)n2CC(C)C)c1F. The molecule has 1 heterocycles. The second kappa shape index (κ2) is 5.82. The molecule has 0 N–H and O–H groups in total. The van der Waals surface area contributed by atoms with Crippen molar-refractivity contribution in [3.05, 3.63) is 35.4 Å². The summed E-state index contributed by atoms with van der Waals surface area (Å²) in [7, 11) is 0. The highest BCUT2D eigenvalue weighted by Crippen LogP contribution is 2.25. The van der Waals surface area contributed by atoms with Crippen molar-refractivity contribution in [2.75, 3.05) is 0 Å². The van der Waals surface area contributed by atoms with Crippen LogP contribution < -0.4 is 0 Å². The molecule has 0 saturated heterocycles. The molecule has 2 rings (SSSR count). The molecular weight excluding hydrogens is 309 g/mol. The van der Waals surface area contributed by atoms with Crippen LogP contribution in [0.15, 0.2) is 18.2 Å². The predicted octanol–water partition coefficient (Wildman–Crippen LogP) is 3.94. The first-order chi connectivity index (χ1) is 9.04. The maximum atomic E-state index is 14.2. The van der Waals surface area contributed by atoms with Gasteiger partial charge in [-0.3, -0.25) is 0 Å². The van der Waals surface area contributed by atoms with Crippen LogP contribution in [0.3, 0.4) is 0 Å². The van der Waals surface area contributed by atoms with Gasteiger partial charge in [0.15, 0.2) is 5.82 Å². The van der Waals surface area contributed by atoms with Crippen molar-refractivity contribution < 1.29 is 4.39 Å². The fourth-order valence-electron chi connectivity index (χ4n) is 2.01. The van der Waals surface area contributed by atoms with E-state index in [2.05, 4.69) is 40.0 Å². The summed E-state index contributed by atoms with van der Waals surface area (Å²) in [4.78, 5) is 0. The summed E-state index contributed by atoms with van der Waals surface area (Å²) in [6.45, 7) is 6.77. The average Bonchev–Trinajstić information content (AvgIpc) is 2.75. The van der Waals surface area contributed by atoms with Crippen LogP contribution in [0.1, 0.15) is 25.2 Å². The second-order valence-corrected chi connectivity index (χ2v) is 5.58. The number of aromatic nitrogens is 3. The van der Waals surface area contributed by atoms with Gasteiger partial charge in [0.05, 0.1) is 10.9 Å². The number of rotatable bonds is 4. The molecule has 0 aliphatic carbocycles. The summed E-state index contributed by atoms with van der Waals surface area (Å²) in [6, 6.07) is 5.35. The van der Waals surface area contributed by atoms with Crippen LogP contribution in [-0.4, -0.2) is 14.8 Å². The fourth-order valence-corrected chi connectivity index (χ4v) is 2.43. The van der Waals surface area contributed by atoms with Crippen LogP contribution in [0.25, 0.3) is 11.4 Å². The smallest absolute Gasteiger partial charge is 0.166 e. The van der Waals surface area contributed by atoms with Gasteiger partial charge < -0.3 is 4.57 Å². The van der Waals surface area contributed by atoms with Crippen LogP contribution in [0.2, 0.25) is 0 Å². The fraction of sp³-hybridized carbons (Fsp3) is 0.429. The summed E-state index contributed by atoms with van der Waals surface area (Å²) in [5, 5.41) is 8.90. The van der Waals surface area contributed by atoms with E-state index in [1.807, 2.05) is 10.6 Å². The Morgan fingerprint density at radius 1 is 1.32 bits per heavy atom. The van der Waals surface area contributed by atoms with Crippen LogP contribution in [0, 0.1) is 18.7 Å². The van der Waals surface area contributed by atoms with Crippen LogP contribution >= 0.6 is 15.9 Å². The number of alkyl halides is 1. The van der Waals surface area contributed by atoms with Gasteiger partial charge in [0.2, 0.25) is 0 Å². The minimum atomic E-state index is -0.221. The Hall–Kier alpha value is -1.23. The first-order valence-corrected chi connectivity index (χ1v) is 7.40. The molecule has 3 nitrogen and oxygen atoms in total. The molecule has 0 saturated carbocycles. The molecule has 1 aromatic carbocycles. The van der Waals surface area contributed by atoms with Gasteiger partial charge in [-0.05, 0) is 24.5 Å². The van der Waals surface area contributed by atoms with E-state index in [0.29, 0.717) is 28.2 Å². The van der Waals surface area contributed by atoms with Crippen LogP contribution in [-0.2, 0) is 11.9 Å². The minimum Gasteiger partial charge on any atom is -0.310 e. The number of aryl methyl sites for hydroxylation is 1. The van der Waals surface area contributed by atoms with E-state index < -0.39 is 0 Å². The Morgan fingerprint density at radius 2 is 2.05 bits per heavy atom. The van der Waals surface area contributed by atoms with E-state index >= 15 is 0 Å². The van der Waals surface area contributed by atoms with Crippen molar-refractivity contribution in [2.24, 2.45) is 5.92 Å². The molecule has 5 heteroatoms. The lowest BCUT2D eigenvalue weighted by atomic mass is 10.1.